The Hall–Kier alpha value is -2.57. The summed E-state index contributed by atoms with van der Waals surface area (Å²) in [6.07, 6.45) is 0.439. The van der Waals surface area contributed by atoms with Gasteiger partial charge in [-0.25, -0.2) is 9.59 Å². The molecule has 1 heterocycles. The molecule has 0 saturated carbocycles. The summed E-state index contributed by atoms with van der Waals surface area (Å²) in [5.74, 6) is 0. The monoisotopic (exact) mass is 362 g/mol. The fraction of sp³-hybridized carbons (Fsp3) is 0.526. The van der Waals surface area contributed by atoms with Crippen molar-refractivity contribution in [2.24, 2.45) is 0 Å². The van der Waals surface area contributed by atoms with Gasteiger partial charge in [-0.05, 0) is 32.8 Å². The topological polar surface area (TPSA) is 84.9 Å². The molecule has 0 bridgehead atoms. The number of nitrogens with zero attached hydrogens (tertiary/aromatic N) is 1. The van der Waals surface area contributed by atoms with E-state index in [4.69, 9.17) is 9.47 Å². The van der Waals surface area contributed by atoms with Gasteiger partial charge in [0.05, 0.1) is 6.04 Å². The van der Waals surface area contributed by atoms with Crippen LogP contribution in [0, 0.1) is 0 Å². The largest absolute Gasteiger partial charge is 0.445 e. The van der Waals surface area contributed by atoms with Gasteiger partial charge in [0.15, 0.2) is 0 Å². The van der Waals surface area contributed by atoms with Gasteiger partial charge in [0, 0.05) is 19.0 Å². The fourth-order valence-electron chi connectivity index (χ4n) is 2.83. The molecule has 1 aromatic carbocycles. The number of alkyl carbamates (subject to hydrolysis) is 1. The Balaban J connectivity index is 1.88. The number of hydrogen-bond acceptors (Lipinski definition) is 5. The summed E-state index contributed by atoms with van der Waals surface area (Å²) in [6.45, 7) is 5.81. The van der Waals surface area contributed by atoms with Crippen LogP contribution in [0.15, 0.2) is 30.3 Å². The minimum absolute atomic E-state index is 0.174. The van der Waals surface area contributed by atoms with E-state index >= 15 is 0 Å². The van der Waals surface area contributed by atoms with Crippen LogP contribution in [0.25, 0.3) is 0 Å². The van der Waals surface area contributed by atoms with Gasteiger partial charge in [0.25, 0.3) is 0 Å². The average Bonchev–Trinajstić information content (AvgIpc) is 2.95. The minimum atomic E-state index is -0.622. The number of aldehydes is 1. The summed E-state index contributed by atoms with van der Waals surface area (Å²) >= 11 is 0. The normalized spacial score (nSPS) is 19.7. The van der Waals surface area contributed by atoms with E-state index in [1.807, 2.05) is 30.3 Å². The predicted octanol–water partition coefficient (Wildman–Crippen LogP) is 2.88. The van der Waals surface area contributed by atoms with Gasteiger partial charge in [0.1, 0.15) is 18.5 Å². The highest BCUT2D eigenvalue weighted by Crippen LogP contribution is 2.23. The number of hydrogen-bond donors (Lipinski definition) is 1. The first-order valence-electron chi connectivity index (χ1n) is 8.69. The lowest BCUT2D eigenvalue weighted by Gasteiger charge is -2.27. The van der Waals surface area contributed by atoms with E-state index in [9.17, 15) is 14.4 Å². The van der Waals surface area contributed by atoms with Crippen molar-refractivity contribution >= 4 is 18.5 Å². The molecule has 2 amide bonds. The SMILES string of the molecule is CC(C)(C)OC(=O)N1C[C@@H](NC(=O)OCc2ccccc2)C[C@H]1CC=O. The zero-order valence-corrected chi connectivity index (χ0v) is 15.4. The van der Waals surface area contributed by atoms with E-state index in [2.05, 4.69) is 5.32 Å². The van der Waals surface area contributed by atoms with Crippen molar-refractivity contribution in [3.05, 3.63) is 35.9 Å². The number of carbonyl (C=O) groups is 3. The molecule has 26 heavy (non-hydrogen) atoms. The molecule has 0 spiro atoms. The molecule has 0 radical (unpaired) electrons. The van der Waals surface area contributed by atoms with Crippen LogP contribution >= 0.6 is 0 Å². The molecular formula is C19H26N2O5. The van der Waals surface area contributed by atoms with Crippen LogP contribution in [0.4, 0.5) is 9.59 Å². The lowest BCUT2D eigenvalue weighted by Crippen LogP contribution is -2.42. The van der Waals surface area contributed by atoms with Gasteiger partial charge in [-0.15, -0.1) is 0 Å². The van der Waals surface area contributed by atoms with Crippen LogP contribution in [0.5, 0.6) is 0 Å². The molecule has 0 aliphatic carbocycles. The summed E-state index contributed by atoms with van der Waals surface area (Å²) in [5, 5.41) is 2.76. The van der Waals surface area contributed by atoms with Crippen molar-refractivity contribution < 1.29 is 23.9 Å². The summed E-state index contributed by atoms with van der Waals surface area (Å²) in [7, 11) is 0. The van der Waals surface area contributed by atoms with Gasteiger partial charge in [-0.1, -0.05) is 30.3 Å². The molecule has 1 fully saturated rings. The number of carbonyl (C=O) groups excluding carboxylic acids is 3. The molecule has 1 aliphatic rings. The molecular weight excluding hydrogens is 336 g/mol. The number of likely N-dealkylation sites (tertiary alicyclic amines) is 1. The lowest BCUT2D eigenvalue weighted by atomic mass is 10.1. The van der Waals surface area contributed by atoms with Crippen LogP contribution in [0.3, 0.4) is 0 Å². The quantitative estimate of drug-likeness (QED) is 0.814. The van der Waals surface area contributed by atoms with E-state index in [-0.39, 0.29) is 31.7 Å². The van der Waals surface area contributed by atoms with Gasteiger partial charge in [-0.3, -0.25) is 0 Å². The molecule has 142 valence electrons. The predicted molar refractivity (Wildman–Crippen MR) is 95.6 cm³/mol. The molecule has 2 atom stereocenters. The highest BCUT2D eigenvalue weighted by molar-refractivity contribution is 5.71. The summed E-state index contributed by atoms with van der Waals surface area (Å²) in [5.41, 5.74) is 0.270. The molecule has 1 saturated heterocycles. The van der Waals surface area contributed by atoms with E-state index in [1.165, 1.54) is 4.90 Å². The van der Waals surface area contributed by atoms with E-state index in [0.717, 1.165) is 11.8 Å². The first-order chi connectivity index (χ1) is 12.3. The first-order valence-corrected chi connectivity index (χ1v) is 8.69. The molecule has 7 heteroatoms. The van der Waals surface area contributed by atoms with E-state index in [0.29, 0.717) is 6.42 Å². The highest BCUT2D eigenvalue weighted by Gasteiger charge is 2.38. The van der Waals surface area contributed by atoms with Crippen molar-refractivity contribution in [2.75, 3.05) is 6.54 Å². The third-order valence-corrected chi connectivity index (χ3v) is 3.95. The van der Waals surface area contributed by atoms with Crippen LogP contribution < -0.4 is 5.32 Å². The maximum absolute atomic E-state index is 12.3. The molecule has 7 nitrogen and oxygen atoms in total. The minimum Gasteiger partial charge on any atom is -0.445 e. The Bertz CT molecular complexity index is 627. The lowest BCUT2D eigenvalue weighted by molar-refractivity contribution is -0.108. The summed E-state index contributed by atoms with van der Waals surface area (Å²) in [6, 6.07) is 8.80. The first kappa shape index (κ1) is 19.8. The summed E-state index contributed by atoms with van der Waals surface area (Å²) < 4.78 is 10.6. The molecule has 1 N–H and O–H groups in total. The zero-order chi connectivity index (χ0) is 19.2. The molecule has 2 rings (SSSR count). The Kier molecular flexibility index (Phi) is 6.60. The molecule has 0 aromatic heterocycles. The maximum Gasteiger partial charge on any atom is 0.410 e. The van der Waals surface area contributed by atoms with Crippen LogP contribution in [-0.2, 0) is 20.9 Å². The second-order valence-electron chi connectivity index (χ2n) is 7.33. The maximum atomic E-state index is 12.3. The van der Waals surface area contributed by atoms with Crippen molar-refractivity contribution in [2.45, 2.75) is 57.9 Å². The van der Waals surface area contributed by atoms with Crippen molar-refractivity contribution in [1.29, 1.82) is 0 Å². The Morgan fingerprint density at radius 1 is 1.27 bits per heavy atom. The van der Waals surface area contributed by atoms with Gasteiger partial charge in [-0.2, -0.15) is 0 Å². The van der Waals surface area contributed by atoms with Gasteiger partial charge < -0.3 is 24.5 Å². The number of amides is 2. The van der Waals surface area contributed by atoms with E-state index in [1.54, 1.807) is 20.8 Å². The van der Waals surface area contributed by atoms with Crippen LogP contribution in [0.2, 0.25) is 0 Å². The number of nitrogens with one attached hydrogen (secondary N) is 1. The average molecular weight is 362 g/mol. The second-order valence-corrected chi connectivity index (χ2v) is 7.33. The fourth-order valence-corrected chi connectivity index (χ4v) is 2.83. The standard InChI is InChI=1S/C19H26N2O5/c1-19(2,3)26-18(24)21-12-15(11-16(21)9-10-22)20-17(23)25-13-14-7-5-4-6-8-14/h4-8,10,15-16H,9,11-13H2,1-3H3,(H,20,23)/t15-,16+/m0/s1. The van der Waals surface area contributed by atoms with Crippen molar-refractivity contribution in [1.82, 2.24) is 10.2 Å². The van der Waals surface area contributed by atoms with Crippen molar-refractivity contribution in [3.63, 3.8) is 0 Å². The number of benzene rings is 1. The van der Waals surface area contributed by atoms with Crippen molar-refractivity contribution in [3.8, 4) is 0 Å². The van der Waals surface area contributed by atoms with Gasteiger partial charge in [0.2, 0.25) is 0 Å². The third-order valence-electron chi connectivity index (χ3n) is 3.95. The second kappa shape index (κ2) is 8.69. The molecule has 1 aliphatic heterocycles. The third kappa shape index (κ3) is 6.06. The Morgan fingerprint density at radius 2 is 1.96 bits per heavy atom. The highest BCUT2D eigenvalue weighted by atomic mass is 16.6. The number of ether oxygens (including phenoxy) is 2. The molecule has 0 unspecified atom stereocenters. The Labute approximate surface area is 153 Å². The zero-order valence-electron chi connectivity index (χ0n) is 15.4. The van der Waals surface area contributed by atoms with Gasteiger partial charge >= 0.3 is 12.2 Å². The number of rotatable bonds is 5. The smallest absolute Gasteiger partial charge is 0.410 e. The van der Waals surface area contributed by atoms with Crippen LogP contribution in [-0.4, -0.2) is 47.6 Å². The summed E-state index contributed by atoms with van der Waals surface area (Å²) in [4.78, 5) is 36.8. The van der Waals surface area contributed by atoms with E-state index < -0.39 is 17.8 Å². The van der Waals surface area contributed by atoms with Crippen LogP contribution in [0.1, 0.15) is 39.2 Å². The Morgan fingerprint density at radius 3 is 2.58 bits per heavy atom. The molecule has 1 aromatic rings.